The molecule has 35 heavy (non-hydrogen) atoms. The van der Waals surface area contributed by atoms with Crippen molar-refractivity contribution in [2.45, 2.75) is 20.3 Å². The summed E-state index contributed by atoms with van der Waals surface area (Å²) in [5.41, 5.74) is 4.40. The summed E-state index contributed by atoms with van der Waals surface area (Å²) in [5, 5.41) is 6.59. The van der Waals surface area contributed by atoms with Crippen LogP contribution in [-0.4, -0.2) is 31.0 Å². The summed E-state index contributed by atoms with van der Waals surface area (Å²) in [5.74, 6) is 0.205. The van der Waals surface area contributed by atoms with E-state index in [1.54, 1.807) is 36.4 Å². The number of hydrogen-bond donors (Lipinski definition) is 2. The third-order valence-corrected chi connectivity index (χ3v) is 5.85. The van der Waals surface area contributed by atoms with Crippen molar-refractivity contribution in [3.63, 3.8) is 0 Å². The lowest BCUT2D eigenvalue weighted by molar-refractivity contribution is 0.101. The monoisotopic (exact) mass is 469 g/mol. The fraction of sp³-hybridized carbons (Fsp3) is 0.179. The van der Waals surface area contributed by atoms with E-state index in [0.29, 0.717) is 40.4 Å². The second-order valence-electron chi connectivity index (χ2n) is 7.96. The highest BCUT2D eigenvalue weighted by Crippen LogP contribution is 2.37. The standard InChI is InChI=1S/C28H27N3O4/c1-5-20-17(2)26(19-13-9-10-14-21(19)29-20)28(33)31-23-16-24(34-3)22(15-25(23)35-4)30-27(32)18-11-7-6-8-12-18/h6-16H,5H2,1-4H3,(H,30,32)(H,31,33). The number of benzene rings is 3. The molecule has 0 radical (unpaired) electrons. The van der Waals surface area contributed by atoms with Crippen molar-refractivity contribution >= 4 is 34.1 Å². The van der Waals surface area contributed by atoms with Gasteiger partial charge in [-0.15, -0.1) is 0 Å². The number of amides is 2. The Morgan fingerprint density at radius 2 is 1.40 bits per heavy atom. The summed E-state index contributed by atoms with van der Waals surface area (Å²) < 4.78 is 11.0. The number of carbonyl (C=O) groups excluding carboxylic acids is 2. The van der Waals surface area contributed by atoms with E-state index in [2.05, 4.69) is 10.6 Å². The zero-order valence-electron chi connectivity index (χ0n) is 20.1. The molecule has 0 aliphatic carbocycles. The number of para-hydroxylation sites is 1. The molecule has 178 valence electrons. The van der Waals surface area contributed by atoms with Crippen LogP contribution >= 0.6 is 0 Å². The predicted molar refractivity (Wildman–Crippen MR) is 138 cm³/mol. The van der Waals surface area contributed by atoms with Gasteiger partial charge in [-0.05, 0) is 37.1 Å². The van der Waals surface area contributed by atoms with Crippen LogP contribution < -0.4 is 20.1 Å². The number of aryl methyl sites for hydroxylation is 1. The first kappa shape index (κ1) is 23.8. The van der Waals surface area contributed by atoms with Crippen LogP contribution in [0.2, 0.25) is 0 Å². The first-order valence-electron chi connectivity index (χ1n) is 11.3. The zero-order chi connectivity index (χ0) is 24.9. The van der Waals surface area contributed by atoms with Crippen molar-refractivity contribution < 1.29 is 19.1 Å². The fourth-order valence-electron chi connectivity index (χ4n) is 4.06. The normalized spacial score (nSPS) is 10.6. The van der Waals surface area contributed by atoms with Gasteiger partial charge in [0.05, 0.1) is 36.7 Å². The summed E-state index contributed by atoms with van der Waals surface area (Å²) in [4.78, 5) is 30.9. The number of methoxy groups -OCH3 is 2. The minimum atomic E-state index is -0.284. The molecule has 1 aromatic heterocycles. The largest absolute Gasteiger partial charge is 0.494 e. The molecule has 3 aromatic carbocycles. The highest BCUT2D eigenvalue weighted by Gasteiger charge is 2.21. The third-order valence-electron chi connectivity index (χ3n) is 5.85. The van der Waals surface area contributed by atoms with Gasteiger partial charge in [0.25, 0.3) is 11.8 Å². The summed E-state index contributed by atoms with van der Waals surface area (Å²) >= 11 is 0. The Hall–Kier alpha value is -4.39. The van der Waals surface area contributed by atoms with Crippen LogP contribution in [0.5, 0.6) is 11.5 Å². The van der Waals surface area contributed by atoms with Gasteiger partial charge >= 0.3 is 0 Å². The van der Waals surface area contributed by atoms with E-state index in [1.807, 2.05) is 44.2 Å². The van der Waals surface area contributed by atoms with E-state index in [4.69, 9.17) is 14.5 Å². The Labute approximate surface area is 204 Å². The first-order chi connectivity index (χ1) is 17.0. The molecule has 4 rings (SSSR count). The van der Waals surface area contributed by atoms with E-state index >= 15 is 0 Å². The SMILES string of the molecule is CCc1nc2ccccc2c(C(=O)Nc2cc(OC)c(NC(=O)c3ccccc3)cc2OC)c1C. The van der Waals surface area contributed by atoms with E-state index in [-0.39, 0.29) is 11.8 Å². The van der Waals surface area contributed by atoms with Crippen LogP contribution in [0.1, 0.15) is 38.9 Å². The van der Waals surface area contributed by atoms with E-state index in [1.165, 1.54) is 14.2 Å². The first-order valence-corrected chi connectivity index (χ1v) is 11.3. The lowest BCUT2D eigenvalue weighted by Crippen LogP contribution is -2.17. The van der Waals surface area contributed by atoms with Gasteiger partial charge in [0, 0.05) is 28.8 Å². The molecule has 2 amide bonds. The molecule has 1 heterocycles. The maximum atomic E-state index is 13.5. The maximum Gasteiger partial charge on any atom is 0.256 e. The van der Waals surface area contributed by atoms with Crippen molar-refractivity contribution in [3.05, 3.63) is 89.1 Å². The molecule has 0 saturated carbocycles. The third kappa shape index (κ3) is 4.80. The van der Waals surface area contributed by atoms with Crippen LogP contribution in [-0.2, 0) is 6.42 Å². The molecule has 2 N–H and O–H groups in total. The van der Waals surface area contributed by atoms with Gasteiger partial charge in [0.2, 0.25) is 0 Å². The van der Waals surface area contributed by atoms with E-state index in [0.717, 1.165) is 22.2 Å². The Morgan fingerprint density at radius 3 is 2.00 bits per heavy atom. The van der Waals surface area contributed by atoms with Crippen LogP contribution in [0.3, 0.4) is 0 Å². The molecule has 0 aliphatic heterocycles. The van der Waals surface area contributed by atoms with Gasteiger partial charge in [-0.3, -0.25) is 14.6 Å². The van der Waals surface area contributed by atoms with Gasteiger partial charge in [0.1, 0.15) is 11.5 Å². The quantitative estimate of drug-likeness (QED) is 0.366. The van der Waals surface area contributed by atoms with Crippen molar-refractivity contribution in [1.82, 2.24) is 4.98 Å². The lowest BCUT2D eigenvalue weighted by atomic mass is 9.99. The number of nitrogens with zero attached hydrogens (tertiary/aromatic N) is 1. The van der Waals surface area contributed by atoms with Gasteiger partial charge in [-0.1, -0.05) is 43.3 Å². The highest BCUT2D eigenvalue weighted by molar-refractivity contribution is 6.14. The van der Waals surface area contributed by atoms with Gasteiger partial charge < -0.3 is 20.1 Å². The summed E-state index contributed by atoms with van der Waals surface area (Å²) in [6.45, 7) is 3.93. The van der Waals surface area contributed by atoms with Gasteiger partial charge in [0.15, 0.2) is 0 Å². The van der Waals surface area contributed by atoms with Crippen molar-refractivity contribution in [1.29, 1.82) is 0 Å². The molecule has 0 unspecified atom stereocenters. The molecular formula is C28H27N3O4. The Bertz CT molecular complexity index is 1400. The average Bonchev–Trinajstić information content (AvgIpc) is 2.89. The number of pyridine rings is 1. The molecular weight excluding hydrogens is 442 g/mol. The minimum Gasteiger partial charge on any atom is -0.494 e. The molecule has 7 heteroatoms. The number of anilines is 2. The topological polar surface area (TPSA) is 89.5 Å². The summed E-state index contributed by atoms with van der Waals surface area (Å²) in [6, 6.07) is 19.7. The van der Waals surface area contributed by atoms with Crippen LogP contribution in [0, 0.1) is 6.92 Å². The van der Waals surface area contributed by atoms with Crippen LogP contribution in [0.25, 0.3) is 10.9 Å². The molecule has 0 fully saturated rings. The second-order valence-corrected chi connectivity index (χ2v) is 7.96. The lowest BCUT2D eigenvalue weighted by Gasteiger charge is -2.18. The summed E-state index contributed by atoms with van der Waals surface area (Å²) in [7, 11) is 3.00. The highest BCUT2D eigenvalue weighted by atomic mass is 16.5. The molecule has 0 saturated heterocycles. The Morgan fingerprint density at radius 1 is 0.829 bits per heavy atom. The van der Waals surface area contributed by atoms with Crippen molar-refractivity contribution in [2.24, 2.45) is 0 Å². The number of nitrogens with one attached hydrogen (secondary N) is 2. The molecule has 0 spiro atoms. The Balaban J connectivity index is 1.70. The predicted octanol–water partition coefficient (Wildman–Crippen LogP) is 5.63. The average molecular weight is 470 g/mol. The second kappa shape index (κ2) is 10.3. The zero-order valence-corrected chi connectivity index (χ0v) is 20.1. The van der Waals surface area contributed by atoms with Gasteiger partial charge in [-0.25, -0.2) is 0 Å². The molecule has 0 aliphatic rings. The number of rotatable bonds is 7. The molecule has 0 atom stereocenters. The summed E-state index contributed by atoms with van der Waals surface area (Å²) in [6.07, 6.45) is 0.712. The number of ether oxygens (including phenoxy) is 2. The van der Waals surface area contributed by atoms with Crippen molar-refractivity contribution in [3.8, 4) is 11.5 Å². The van der Waals surface area contributed by atoms with E-state index in [9.17, 15) is 9.59 Å². The maximum absolute atomic E-state index is 13.5. The minimum absolute atomic E-state index is 0.280. The number of fused-ring (bicyclic) bond motifs is 1. The van der Waals surface area contributed by atoms with Gasteiger partial charge in [-0.2, -0.15) is 0 Å². The van der Waals surface area contributed by atoms with Crippen molar-refractivity contribution in [2.75, 3.05) is 24.9 Å². The molecule has 7 nitrogen and oxygen atoms in total. The van der Waals surface area contributed by atoms with Crippen LogP contribution in [0.4, 0.5) is 11.4 Å². The van der Waals surface area contributed by atoms with Crippen LogP contribution in [0.15, 0.2) is 66.7 Å². The Kier molecular flexibility index (Phi) is 6.96. The fourth-order valence-corrected chi connectivity index (χ4v) is 4.06. The number of hydrogen-bond acceptors (Lipinski definition) is 5. The molecule has 0 bridgehead atoms. The number of carbonyl (C=O) groups is 2. The van der Waals surface area contributed by atoms with E-state index < -0.39 is 0 Å². The smallest absolute Gasteiger partial charge is 0.256 e. The molecule has 4 aromatic rings. The number of aromatic nitrogens is 1.